The van der Waals surface area contributed by atoms with Crippen LogP contribution in [-0.2, 0) is 11.2 Å². The lowest BCUT2D eigenvalue weighted by Crippen LogP contribution is -2.27. The van der Waals surface area contributed by atoms with Gasteiger partial charge in [-0.25, -0.2) is 4.98 Å². The number of thiazole rings is 1. The van der Waals surface area contributed by atoms with E-state index in [1.807, 2.05) is 18.5 Å². The third-order valence-electron chi connectivity index (χ3n) is 3.09. The molecule has 0 aliphatic heterocycles. The Morgan fingerprint density at radius 2 is 2.40 bits per heavy atom. The number of carbonyl (C=O) groups excluding carboxylic acids is 1. The Morgan fingerprint density at radius 1 is 1.55 bits per heavy atom. The van der Waals surface area contributed by atoms with Crippen molar-refractivity contribution in [3.8, 4) is 0 Å². The van der Waals surface area contributed by atoms with Crippen molar-refractivity contribution >= 4 is 17.2 Å². The Labute approximate surface area is 122 Å². The molecule has 108 valence electrons. The molecule has 0 radical (unpaired) electrons. The second kappa shape index (κ2) is 7.19. The summed E-state index contributed by atoms with van der Waals surface area (Å²) in [6.45, 7) is 4.72. The maximum Gasteiger partial charge on any atom is 0.220 e. The van der Waals surface area contributed by atoms with Gasteiger partial charge in [0.15, 0.2) is 0 Å². The molecule has 0 bridgehead atoms. The van der Waals surface area contributed by atoms with Crippen molar-refractivity contribution in [1.82, 2.24) is 20.5 Å². The Hall–Kier alpha value is -1.69. The molecule has 0 fully saturated rings. The first-order chi connectivity index (χ1) is 9.65. The standard InChI is InChI=1S/C14H20N4OS/c1-10(14-18-11(2)9-20-14)6-15-13(19)5-3-4-12-7-16-17-8-12/h7-10H,3-6H2,1-2H3,(H,15,19)(H,16,17)/t10-/m0/s1. The number of nitrogens with zero attached hydrogens (tertiary/aromatic N) is 2. The largest absolute Gasteiger partial charge is 0.355 e. The molecule has 0 unspecified atom stereocenters. The van der Waals surface area contributed by atoms with Crippen molar-refractivity contribution in [3.05, 3.63) is 34.0 Å². The van der Waals surface area contributed by atoms with Crippen LogP contribution in [0.3, 0.4) is 0 Å². The highest BCUT2D eigenvalue weighted by Gasteiger charge is 2.11. The molecule has 0 saturated heterocycles. The van der Waals surface area contributed by atoms with Crippen molar-refractivity contribution in [2.75, 3.05) is 6.54 Å². The lowest BCUT2D eigenvalue weighted by Gasteiger charge is -2.10. The molecule has 0 saturated carbocycles. The van der Waals surface area contributed by atoms with Crippen LogP contribution in [0, 0.1) is 6.92 Å². The average molecular weight is 292 g/mol. The Kier molecular flexibility index (Phi) is 5.29. The molecule has 5 nitrogen and oxygen atoms in total. The molecule has 2 aromatic heterocycles. The molecule has 0 aromatic carbocycles. The predicted octanol–water partition coefficient (Wildman–Crippen LogP) is 2.42. The van der Waals surface area contributed by atoms with Crippen LogP contribution in [0.4, 0.5) is 0 Å². The molecule has 2 rings (SSSR count). The fourth-order valence-electron chi connectivity index (χ4n) is 1.91. The first-order valence-electron chi connectivity index (χ1n) is 6.81. The lowest BCUT2D eigenvalue weighted by molar-refractivity contribution is -0.121. The molecule has 0 aliphatic rings. The van der Waals surface area contributed by atoms with Crippen LogP contribution < -0.4 is 5.32 Å². The number of aromatic nitrogens is 3. The van der Waals surface area contributed by atoms with E-state index in [2.05, 4.69) is 27.4 Å². The van der Waals surface area contributed by atoms with E-state index >= 15 is 0 Å². The SMILES string of the molecule is Cc1csc([C@@H](C)CNC(=O)CCCc2cn[nH]c2)n1. The molecule has 2 aromatic rings. The number of carbonyl (C=O) groups is 1. The summed E-state index contributed by atoms with van der Waals surface area (Å²) in [5.41, 5.74) is 2.19. The monoisotopic (exact) mass is 292 g/mol. The highest BCUT2D eigenvalue weighted by atomic mass is 32.1. The number of aromatic amines is 1. The summed E-state index contributed by atoms with van der Waals surface area (Å²) < 4.78 is 0. The third kappa shape index (κ3) is 4.45. The van der Waals surface area contributed by atoms with Gasteiger partial charge in [-0.05, 0) is 25.3 Å². The van der Waals surface area contributed by atoms with Crippen molar-refractivity contribution in [1.29, 1.82) is 0 Å². The minimum Gasteiger partial charge on any atom is -0.355 e. The smallest absolute Gasteiger partial charge is 0.220 e. The molecule has 0 spiro atoms. The minimum absolute atomic E-state index is 0.105. The zero-order valence-corrected chi connectivity index (χ0v) is 12.7. The fraction of sp³-hybridized carbons (Fsp3) is 0.500. The van der Waals surface area contributed by atoms with Gasteiger partial charge in [0, 0.05) is 36.2 Å². The van der Waals surface area contributed by atoms with Crippen LogP contribution in [0.2, 0.25) is 0 Å². The topological polar surface area (TPSA) is 70.7 Å². The van der Waals surface area contributed by atoms with Gasteiger partial charge in [-0.2, -0.15) is 5.10 Å². The van der Waals surface area contributed by atoms with E-state index in [1.54, 1.807) is 17.5 Å². The number of H-pyrrole nitrogens is 1. The second-order valence-corrected chi connectivity index (χ2v) is 5.88. The zero-order chi connectivity index (χ0) is 14.4. The van der Waals surface area contributed by atoms with Gasteiger partial charge in [0.1, 0.15) is 0 Å². The number of nitrogens with one attached hydrogen (secondary N) is 2. The highest BCUT2D eigenvalue weighted by molar-refractivity contribution is 7.09. The molecule has 2 heterocycles. The highest BCUT2D eigenvalue weighted by Crippen LogP contribution is 2.18. The van der Waals surface area contributed by atoms with Gasteiger partial charge in [0.25, 0.3) is 0 Å². The van der Waals surface area contributed by atoms with Crippen LogP contribution >= 0.6 is 11.3 Å². The number of amides is 1. The first-order valence-corrected chi connectivity index (χ1v) is 7.69. The maximum absolute atomic E-state index is 11.8. The van der Waals surface area contributed by atoms with Crippen LogP contribution in [-0.4, -0.2) is 27.6 Å². The molecule has 1 amide bonds. The van der Waals surface area contributed by atoms with E-state index in [1.165, 1.54) is 0 Å². The summed E-state index contributed by atoms with van der Waals surface area (Å²) in [6.07, 6.45) is 5.94. The molecular formula is C14H20N4OS. The Balaban J connectivity index is 1.64. The van der Waals surface area contributed by atoms with E-state index in [0.29, 0.717) is 13.0 Å². The van der Waals surface area contributed by atoms with Gasteiger partial charge in [0.05, 0.1) is 11.2 Å². The molecule has 1 atom stereocenters. The van der Waals surface area contributed by atoms with Crippen LogP contribution in [0.25, 0.3) is 0 Å². The average Bonchev–Trinajstić information content (AvgIpc) is 3.07. The van der Waals surface area contributed by atoms with Gasteiger partial charge in [-0.15, -0.1) is 11.3 Å². The Bertz CT molecular complexity index is 535. The number of rotatable bonds is 7. The van der Waals surface area contributed by atoms with E-state index in [0.717, 1.165) is 29.1 Å². The minimum atomic E-state index is 0.105. The van der Waals surface area contributed by atoms with Crippen molar-refractivity contribution < 1.29 is 4.79 Å². The van der Waals surface area contributed by atoms with Crippen molar-refractivity contribution in [3.63, 3.8) is 0 Å². The number of hydrogen-bond acceptors (Lipinski definition) is 4. The summed E-state index contributed by atoms with van der Waals surface area (Å²) in [7, 11) is 0. The quantitative estimate of drug-likeness (QED) is 0.823. The third-order valence-corrected chi connectivity index (χ3v) is 4.28. The second-order valence-electron chi connectivity index (χ2n) is 4.99. The first kappa shape index (κ1) is 14.7. The zero-order valence-electron chi connectivity index (χ0n) is 11.8. The lowest BCUT2D eigenvalue weighted by atomic mass is 10.1. The van der Waals surface area contributed by atoms with Gasteiger partial charge in [0.2, 0.25) is 5.91 Å². The summed E-state index contributed by atoms with van der Waals surface area (Å²) >= 11 is 1.65. The van der Waals surface area contributed by atoms with E-state index in [-0.39, 0.29) is 11.8 Å². The Morgan fingerprint density at radius 3 is 3.05 bits per heavy atom. The fourth-order valence-corrected chi connectivity index (χ4v) is 2.76. The summed E-state index contributed by atoms with van der Waals surface area (Å²) in [4.78, 5) is 16.2. The normalized spacial score (nSPS) is 12.3. The van der Waals surface area contributed by atoms with Crippen LogP contribution in [0.5, 0.6) is 0 Å². The van der Waals surface area contributed by atoms with Crippen molar-refractivity contribution in [2.24, 2.45) is 0 Å². The van der Waals surface area contributed by atoms with E-state index in [9.17, 15) is 4.79 Å². The maximum atomic E-state index is 11.8. The van der Waals surface area contributed by atoms with Gasteiger partial charge < -0.3 is 5.32 Å². The van der Waals surface area contributed by atoms with Crippen LogP contribution in [0.15, 0.2) is 17.8 Å². The van der Waals surface area contributed by atoms with Gasteiger partial charge in [-0.3, -0.25) is 9.89 Å². The molecule has 20 heavy (non-hydrogen) atoms. The van der Waals surface area contributed by atoms with Crippen molar-refractivity contribution in [2.45, 2.75) is 39.0 Å². The summed E-state index contributed by atoms with van der Waals surface area (Å²) in [5.74, 6) is 0.375. The molecular weight excluding hydrogens is 272 g/mol. The predicted molar refractivity (Wildman–Crippen MR) is 79.8 cm³/mol. The van der Waals surface area contributed by atoms with Gasteiger partial charge >= 0.3 is 0 Å². The molecule has 0 aliphatic carbocycles. The summed E-state index contributed by atoms with van der Waals surface area (Å²) in [6, 6.07) is 0. The molecule has 2 N–H and O–H groups in total. The van der Waals surface area contributed by atoms with Gasteiger partial charge in [-0.1, -0.05) is 6.92 Å². The summed E-state index contributed by atoms with van der Waals surface area (Å²) in [5, 5.41) is 12.8. The number of hydrogen-bond donors (Lipinski definition) is 2. The van der Waals surface area contributed by atoms with E-state index in [4.69, 9.17) is 0 Å². The number of aryl methyl sites for hydroxylation is 2. The van der Waals surface area contributed by atoms with Crippen LogP contribution in [0.1, 0.15) is 41.9 Å². The van der Waals surface area contributed by atoms with E-state index < -0.39 is 0 Å². The molecule has 6 heteroatoms.